The van der Waals surface area contributed by atoms with Crippen LogP contribution >= 0.6 is 0 Å². The highest BCUT2D eigenvalue weighted by molar-refractivity contribution is 5.91. The number of rotatable bonds is 9. The first-order valence-electron chi connectivity index (χ1n) is 9.06. The molecule has 0 radical (unpaired) electrons. The Morgan fingerprint density at radius 2 is 1.88 bits per heavy atom. The largest absolute Gasteiger partial charge is 0.469 e. The number of furan rings is 1. The van der Waals surface area contributed by atoms with Crippen molar-refractivity contribution in [3.63, 3.8) is 0 Å². The molecule has 0 fully saturated rings. The summed E-state index contributed by atoms with van der Waals surface area (Å²) in [6, 6.07) is 11.6. The number of carbonyl (C=O) groups excluding carboxylic acids is 1. The van der Waals surface area contributed by atoms with Crippen LogP contribution in [0.25, 0.3) is 0 Å². The van der Waals surface area contributed by atoms with Crippen LogP contribution in [0.15, 0.2) is 47.1 Å². The normalized spacial score (nSPS) is 12.4. The van der Waals surface area contributed by atoms with Crippen LogP contribution in [0.3, 0.4) is 0 Å². The van der Waals surface area contributed by atoms with Gasteiger partial charge in [-0.25, -0.2) is 0 Å². The minimum absolute atomic E-state index is 0.0356. The molecule has 4 heteroatoms. The lowest BCUT2D eigenvalue weighted by molar-refractivity contribution is -0.116. The van der Waals surface area contributed by atoms with Gasteiger partial charge >= 0.3 is 0 Å². The third-order valence-corrected chi connectivity index (χ3v) is 4.30. The molecule has 0 aliphatic heterocycles. The van der Waals surface area contributed by atoms with Gasteiger partial charge in [0.05, 0.1) is 12.4 Å². The van der Waals surface area contributed by atoms with Crippen LogP contribution in [-0.4, -0.2) is 17.6 Å². The number of aryl methyl sites for hydroxylation is 1. The first-order chi connectivity index (χ1) is 12.0. The summed E-state index contributed by atoms with van der Waals surface area (Å²) >= 11 is 0. The Hall–Kier alpha value is -2.07. The smallest absolute Gasteiger partial charge is 0.223 e. The van der Waals surface area contributed by atoms with Gasteiger partial charge in [-0.2, -0.15) is 0 Å². The lowest BCUT2D eigenvalue weighted by Gasteiger charge is -2.22. The number of hydrogen-bond donors (Lipinski definition) is 1. The maximum Gasteiger partial charge on any atom is 0.223 e. The number of unbranched alkanes of at least 4 members (excludes halogenated alkanes) is 1. The predicted molar refractivity (Wildman–Crippen MR) is 101 cm³/mol. The number of nitrogens with zero attached hydrogens (tertiary/aromatic N) is 1. The molecule has 0 bridgehead atoms. The van der Waals surface area contributed by atoms with E-state index in [2.05, 4.69) is 13.8 Å². The van der Waals surface area contributed by atoms with Gasteiger partial charge in [-0.3, -0.25) is 4.79 Å². The van der Waals surface area contributed by atoms with E-state index in [4.69, 9.17) is 4.42 Å². The zero-order valence-corrected chi connectivity index (χ0v) is 15.4. The predicted octanol–water partition coefficient (Wildman–Crippen LogP) is 4.73. The molecule has 2 rings (SSSR count). The van der Waals surface area contributed by atoms with Crippen molar-refractivity contribution in [3.05, 3.63) is 54.0 Å². The molecule has 1 aromatic carbocycles. The van der Waals surface area contributed by atoms with E-state index in [1.165, 1.54) is 0 Å². The number of aliphatic hydroxyl groups is 1. The monoisotopic (exact) mass is 343 g/mol. The van der Waals surface area contributed by atoms with Crippen LogP contribution in [0.4, 0.5) is 5.69 Å². The molecule has 1 unspecified atom stereocenters. The zero-order valence-electron chi connectivity index (χ0n) is 15.4. The molecule has 0 aliphatic carbocycles. The second-order valence-corrected chi connectivity index (χ2v) is 6.94. The topological polar surface area (TPSA) is 53.7 Å². The van der Waals surface area contributed by atoms with E-state index in [9.17, 15) is 9.90 Å². The Morgan fingerprint density at radius 1 is 1.16 bits per heavy atom. The Balaban J connectivity index is 1.91. The Kier molecular flexibility index (Phi) is 7.26. The average Bonchev–Trinajstić information content (AvgIpc) is 3.07. The molecule has 0 saturated carbocycles. The third-order valence-electron chi connectivity index (χ3n) is 4.30. The van der Waals surface area contributed by atoms with Crippen molar-refractivity contribution in [2.75, 3.05) is 11.4 Å². The summed E-state index contributed by atoms with van der Waals surface area (Å²) in [6.07, 6.45) is 4.75. The van der Waals surface area contributed by atoms with Gasteiger partial charge < -0.3 is 14.4 Å². The number of carbonyl (C=O) groups is 1. The number of amides is 1. The van der Waals surface area contributed by atoms with Gasteiger partial charge in [-0.05, 0) is 55.0 Å². The van der Waals surface area contributed by atoms with E-state index in [0.29, 0.717) is 12.5 Å². The van der Waals surface area contributed by atoms with Crippen molar-refractivity contribution < 1.29 is 14.3 Å². The number of hydrogen-bond acceptors (Lipinski definition) is 3. The minimum atomic E-state index is -0.451. The summed E-state index contributed by atoms with van der Waals surface area (Å²) in [5.74, 6) is 1.46. The highest BCUT2D eigenvalue weighted by atomic mass is 16.3. The maximum atomic E-state index is 12.0. The van der Waals surface area contributed by atoms with Crippen LogP contribution in [0, 0.1) is 5.92 Å². The second kappa shape index (κ2) is 9.42. The number of benzene rings is 1. The van der Waals surface area contributed by atoms with Crippen molar-refractivity contribution in [2.45, 2.75) is 52.6 Å². The minimum Gasteiger partial charge on any atom is -0.469 e. The maximum absolute atomic E-state index is 12.0. The molecule has 136 valence electrons. The van der Waals surface area contributed by atoms with E-state index >= 15 is 0 Å². The Bertz CT molecular complexity index is 632. The molecular weight excluding hydrogens is 314 g/mol. The Morgan fingerprint density at radius 3 is 2.44 bits per heavy atom. The fourth-order valence-electron chi connectivity index (χ4n) is 2.95. The standard InChI is InChI=1S/C21H29NO3/c1-16(2)15-21(24)18-9-11-19(12-10-18)22(17(3)23)13-5-4-7-20-8-6-14-25-20/h6,8-12,14,16,21,24H,4-5,7,13,15H2,1-3H3. The summed E-state index contributed by atoms with van der Waals surface area (Å²) in [5, 5.41) is 10.2. The molecule has 1 amide bonds. The summed E-state index contributed by atoms with van der Waals surface area (Å²) < 4.78 is 5.33. The van der Waals surface area contributed by atoms with Gasteiger partial charge in [0.25, 0.3) is 0 Å². The van der Waals surface area contributed by atoms with Gasteiger partial charge in [-0.1, -0.05) is 26.0 Å². The molecule has 1 atom stereocenters. The Labute approximate surface area is 150 Å². The van der Waals surface area contributed by atoms with Crippen molar-refractivity contribution in [3.8, 4) is 0 Å². The fraction of sp³-hybridized carbons (Fsp3) is 0.476. The molecular formula is C21H29NO3. The highest BCUT2D eigenvalue weighted by Gasteiger charge is 2.14. The summed E-state index contributed by atoms with van der Waals surface area (Å²) in [7, 11) is 0. The number of anilines is 1. The molecule has 0 aliphatic rings. The molecule has 1 N–H and O–H groups in total. The van der Waals surface area contributed by atoms with Gasteiger partial charge in [0.2, 0.25) is 5.91 Å². The lowest BCUT2D eigenvalue weighted by atomic mass is 9.99. The molecule has 25 heavy (non-hydrogen) atoms. The fourth-order valence-corrected chi connectivity index (χ4v) is 2.95. The van der Waals surface area contributed by atoms with Crippen LogP contribution < -0.4 is 4.90 Å². The van der Waals surface area contributed by atoms with Crippen molar-refractivity contribution >= 4 is 11.6 Å². The molecule has 0 saturated heterocycles. The zero-order chi connectivity index (χ0) is 18.2. The van der Waals surface area contributed by atoms with E-state index in [1.54, 1.807) is 18.1 Å². The molecule has 4 nitrogen and oxygen atoms in total. The van der Waals surface area contributed by atoms with Crippen LogP contribution in [0.1, 0.15) is 57.5 Å². The lowest BCUT2D eigenvalue weighted by Crippen LogP contribution is -2.29. The van der Waals surface area contributed by atoms with Crippen molar-refractivity contribution in [1.29, 1.82) is 0 Å². The SMILES string of the molecule is CC(=O)N(CCCCc1ccco1)c1ccc(C(O)CC(C)C)cc1. The number of aliphatic hydroxyl groups excluding tert-OH is 1. The quantitative estimate of drug-likeness (QED) is 0.669. The van der Waals surface area contributed by atoms with Gasteiger partial charge in [-0.15, -0.1) is 0 Å². The van der Waals surface area contributed by atoms with Gasteiger partial charge in [0.15, 0.2) is 0 Å². The molecule has 1 aromatic heterocycles. The van der Waals surface area contributed by atoms with Crippen molar-refractivity contribution in [2.24, 2.45) is 5.92 Å². The molecule has 0 spiro atoms. The summed E-state index contributed by atoms with van der Waals surface area (Å²) in [5.41, 5.74) is 1.78. The van der Waals surface area contributed by atoms with E-state index < -0.39 is 6.10 Å². The summed E-state index contributed by atoms with van der Waals surface area (Å²) in [4.78, 5) is 13.8. The van der Waals surface area contributed by atoms with Crippen LogP contribution in [-0.2, 0) is 11.2 Å². The second-order valence-electron chi connectivity index (χ2n) is 6.94. The van der Waals surface area contributed by atoms with Crippen molar-refractivity contribution in [1.82, 2.24) is 0 Å². The molecule has 1 heterocycles. The molecule has 2 aromatic rings. The first kappa shape index (κ1) is 19.3. The first-order valence-corrected chi connectivity index (χ1v) is 9.06. The van der Waals surface area contributed by atoms with Gasteiger partial charge in [0.1, 0.15) is 5.76 Å². The average molecular weight is 343 g/mol. The van der Waals surface area contributed by atoms with Gasteiger partial charge in [0, 0.05) is 25.6 Å². The van der Waals surface area contributed by atoms with E-state index in [1.807, 2.05) is 36.4 Å². The van der Waals surface area contributed by atoms with Crippen LogP contribution in [0.2, 0.25) is 0 Å². The van der Waals surface area contributed by atoms with E-state index in [-0.39, 0.29) is 5.91 Å². The highest BCUT2D eigenvalue weighted by Crippen LogP contribution is 2.24. The third kappa shape index (κ3) is 6.05. The van der Waals surface area contributed by atoms with E-state index in [0.717, 1.165) is 42.7 Å². The van der Waals surface area contributed by atoms with Crippen LogP contribution in [0.5, 0.6) is 0 Å². The summed E-state index contributed by atoms with van der Waals surface area (Å²) in [6.45, 7) is 6.47.